The van der Waals surface area contributed by atoms with Crippen molar-refractivity contribution in [3.8, 4) is 0 Å². The Balaban J connectivity index is 1.72. The second-order valence-electron chi connectivity index (χ2n) is 5.30. The normalized spacial score (nSPS) is 14.2. The minimum absolute atomic E-state index is 0.0730. The van der Waals surface area contributed by atoms with Crippen molar-refractivity contribution in [3.63, 3.8) is 0 Å². The van der Waals surface area contributed by atoms with Gasteiger partial charge in [-0.05, 0) is 31.7 Å². The topological polar surface area (TPSA) is 45.6 Å². The maximum Gasteiger partial charge on any atom is 0.107 e. The number of benzene rings is 1. The predicted octanol–water partition coefficient (Wildman–Crippen LogP) is 3.37. The lowest BCUT2D eigenvalue weighted by atomic mass is 10.1. The van der Waals surface area contributed by atoms with Crippen LogP contribution in [0.4, 0.5) is 0 Å². The number of rotatable bonds is 8. The molecule has 120 valence electrons. The number of aliphatic hydroxyl groups excluding tert-OH is 1. The monoisotopic (exact) mass is 340 g/mol. The van der Waals surface area contributed by atoms with E-state index in [9.17, 15) is 5.11 Å². The lowest BCUT2D eigenvalue weighted by Gasteiger charge is -2.21. The van der Waals surface area contributed by atoms with Crippen LogP contribution in [-0.2, 0) is 11.3 Å². The molecule has 2 rings (SSSR count). The zero-order valence-electron chi connectivity index (χ0n) is 12.8. The van der Waals surface area contributed by atoms with Gasteiger partial charge in [0.15, 0.2) is 0 Å². The number of hydrogen-bond donors (Lipinski definition) is 1. The fourth-order valence-electron chi connectivity index (χ4n) is 2.12. The molecule has 0 radical (unpaired) electrons. The molecule has 6 heteroatoms. The van der Waals surface area contributed by atoms with Gasteiger partial charge in [0, 0.05) is 23.1 Å². The molecule has 0 spiro atoms. The summed E-state index contributed by atoms with van der Waals surface area (Å²) in [6.45, 7) is 3.55. The van der Waals surface area contributed by atoms with Crippen LogP contribution < -0.4 is 0 Å². The first-order valence-corrected chi connectivity index (χ1v) is 8.42. The molecule has 2 atom stereocenters. The number of halogens is 1. The molecule has 0 saturated heterocycles. The third kappa shape index (κ3) is 5.66. The van der Waals surface area contributed by atoms with E-state index in [4.69, 9.17) is 16.3 Å². The van der Waals surface area contributed by atoms with Crippen molar-refractivity contribution in [1.29, 1.82) is 0 Å². The number of thiazole rings is 1. The van der Waals surface area contributed by atoms with Gasteiger partial charge < -0.3 is 9.84 Å². The molecule has 2 aromatic rings. The summed E-state index contributed by atoms with van der Waals surface area (Å²) >= 11 is 7.49. The molecule has 4 nitrogen and oxygen atoms in total. The Morgan fingerprint density at radius 2 is 2.09 bits per heavy atom. The largest absolute Gasteiger partial charge is 0.389 e. The zero-order chi connectivity index (χ0) is 15.9. The molecule has 1 aromatic heterocycles. The lowest BCUT2D eigenvalue weighted by molar-refractivity contribution is -0.0138. The lowest BCUT2D eigenvalue weighted by Crippen LogP contribution is -2.32. The van der Waals surface area contributed by atoms with Crippen LogP contribution in [0.3, 0.4) is 0 Å². The van der Waals surface area contributed by atoms with Crippen molar-refractivity contribution in [2.75, 3.05) is 20.2 Å². The smallest absolute Gasteiger partial charge is 0.107 e. The van der Waals surface area contributed by atoms with E-state index in [1.807, 2.05) is 48.5 Å². The van der Waals surface area contributed by atoms with Crippen LogP contribution in [0.25, 0.3) is 0 Å². The minimum atomic E-state index is -0.528. The molecule has 1 aromatic carbocycles. The molecule has 22 heavy (non-hydrogen) atoms. The fraction of sp³-hybridized carbons (Fsp3) is 0.438. The Bertz CT molecular complexity index is 548. The molecule has 0 saturated carbocycles. The van der Waals surface area contributed by atoms with Crippen LogP contribution in [0.2, 0.25) is 5.02 Å². The van der Waals surface area contributed by atoms with Crippen LogP contribution in [0.15, 0.2) is 35.8 Å². The van der Waals surface area contributed by atoms with Crippen LogP contribution in [0, 0.1) is 0 Å². The standard InChI is InChI=1S/C16H21ClN2O2S/c1-12(13-3-5-14(17)6-4-13)21-11-15(20)9-19(2)10-16-18-7-8-22-16/h3-8,12,15,20H,9-11H2,1-2H3. The van der Waals surface area contributed by atoms with Crippen LogP contribution in [0.1, 0.15) is 23.6 Å². The number of hydrogen-bond acceptors (Lipinski definition) is 5. The van der Waals surface area contributed by atoms with Crippen LogP contribution in [0.5, 0.6) is 0 Å². The number of likely N-dealkylation sites (N-methyl/N-ethyl adjacent to an activating group) is 1. The molecule has 0 amide bonds. The summed E-state index contributed by atoms with van der Waals surface area (Å²) < 4.78 is 5.73. The Labute approximate surface area is 140 Å². The van der Waals surface area contributed by atoms with Gasteiger partial charge in [-0.2, -0.15) is 0 Å². The van der Waals surface area contributed by atoms with Gasteiger partial charge in [-0.15, -0.1) is 11.3 Å². The van der Waals surface area contributed by atoms with Gasteiger partial charge in [-0.3, -0.25) is 4.90 Å². The summed E-state index contributed by atoms with van der Waals surface area (Å²) in [6, 6.07) is 7.56. The number of aliphatic hydroxyl groups is 1. The maximum atomic E-state index is 10.1. The van der Waals surface area contributed by atoms with E-state index in [0.29, 0.717) is 18.2 Å². The Morgan fingerprint density at radius 3 is 2.73 bits per heavy atom. The quantitative estimate of drug-likeness (QED) is 0.800. The Hall–Kier alpha value is -0.980. The molecule has 0 fully saturated rings. The molecular formula is C16H21ClN2O2S. The summed E-state index contributed by atoms with van der Waals surface area (Å²) in [6.07, 6.45) is 1.19. The first-order valence-electron chi connectivity index (χ1n) is 7.16. The first-order chi connectivity index (χ1) is 10.5. The van der Waals surface area contributed by atoms with Gasteiger partial charge >= 0.3 is 0 Å². The molecule has 0 aliphatic carbocycles. The average molecular weight is 341 g/mol. The molecule has 0 aliphatic rings. The minimum Gasteiger partial charge on any atom is -0.389 e. The highest BCUT2D eigenvalue weighted by molar-refractivity contribution is 7.09. The number of ether oxygens (including phenoxy) is 1. The fourth-order valence-corrected chi connectivity index (χ4v) is 2.95. The Kier molecular flexibility index (Phi) is 6.79. The summed E-state index contributed by atoms with van der Waals surface area (Å²) in [5, 5.41) is 13.8. The third-order valence-corrected chi connectivity index (χ3v) is 4.31. The van der Waals surface area contributed by atoms with E-state index in [1.165, 1.54) is 0 Å². The summed E-state index contributed by atoms with van der Waals surface area (Å²) in [5.41, 5.74) is 1.05. The molecule has 1 N–H and O–H groups in total. The Morgan fingerprint density at radius 1 is 1.36 bits per heavy atom. The summed E-state index contributed by atoms with van der Waals surface area (Å²) in [4.78, 5) is 6.28. The van der Waals surface area contributed by atoms with Gasteiger partial charge in [-0.1, -0.05) is 23.7 Å². The molecule has 2 unspecified atom stereocenters. The van der Waals surface area contributed by atoms with Crippen molar-refractivity contribution in [2.24, 2.45) is 0 Å². The van der Waals surface area contributed by atoms with Gasteiger partial charge in [-0.25, -0.2) is 4.98 Å². The molecular weight excluding hydrogens is 320 g/mol. The van der Waals surface area contributed by atoms with Crippen molar-refractivity contribution in [2.45, 2.75) is 25.7 Å². The second kappa shape index (κ2) is 8.60. The first kappa shape index (κ1) is 17.4. The highest BCUT2D eigenvalue weighted by Gasteiger charge is 2.13. The predicted molar refractivity (Wildman–Crippen MR) is 90.3 cm³/mol. The van der Waals surface area contributed by atoms with E-state index < -0.39 is 6.10 Å². The van der Waals surface area contributed by atoms with E-state index in [1.54, 1.807) is 17.5 Å². The molecule has 0 bridgehead atoms. The van der Waals surface area contributed by atoms with E-state index in [2.05, 4.69) is 4.98 Å². The van der Waals surface area contributed by atoms with E-state index in [-0.39, 0.29) is 6.10 Å². The van der Waals surface area contributed by atoms with Crippen molar-refractivity contribution >= 4 is 22.9 Å². The number of nitrogens with zero attached hydrogens (tertiary/aromatic N) is 2. The van der Waals surface area contributed by atoms with Gasteiger partial charge in [0.25, 0.3) is 0 Å². The number of aromatic nitrogens is 1. The molecule has 0 aliphatic heterocycles. The molecule has 1 heterocycles. The highest BCUT2D eigenvalue weighted by atomic mass is 35.5. The van der Waals surface area contributed by atoms with Crippen molar-refractivity contribution in [3.05, 3.63) is 51.4 Å². The van der Waals surface area contributed by atoms with Gasteiger partial charge in [0.1, 0.15) is 5.01 Å². The van der Waals surface area contributed by atoms with Crippen molar-refractivity contribution < 1.29 is 9.84 Å². The van der Waals surface area contributed by atoms with E-state index in [0.717, 1.165) is 17.1 Å². The zero-order valence-corrected chi connectivity index (χ0v) is 14.3. The summed E-state index contributed by atoms with van der Waals surface area (Å²) in [7, 11) is 1.97. The third-order valence-electron chi connectivity index (χ3n) is 3.29. The van der Waals surface area contributed by atoms with Crippen LogP contribution in [-0.4, -0.2) is 41.3 Å². The van der Waals surface area contributed by atoms with Gasteiger partial charge in [0.2, 0.25) is 0 Å². The maximum absolute atomic E-state index is 10.1. The van der Waals surface area contributed by atoms with Crippen LogP contribution >= 0.6 is 22.9 Å². The SMILES string of the molecule is CC(OCC(O)CN(C)Cc1nccs1)c1ccc(Cl)cc1. The van der Waals surface area contributed by atoms with Gasteiger partial charge in [0.05, 0.1) is 25.4 Å². The second-order valence-corrected chi connectivity index (χ2v) is 6.72. The summed E-state index contributed by atoms with van der Waals surface area (Å²) in [5.74, 6) is 0. The highest BCUT2D eigenvalue weighted by Crippen LogP contribution is 2.19. The van der Waals surface area contributed by atoms with Crippen molar-refractivity contribution in [1.82, 2.24) is 9.88 Å². The van der Waals surface area contributed by atoms with E-state index >= 15 is 0 Å². The average Bonchev–Trinajstić information content (AvgIpc) is 2.98.